The number of carbonyl (C=O) groups is 1. The second-order valence-corrected chi connectivity index (χ2v) is 8.17. The van der Waals surface area contributed by atoms with Crippen molar-refractivity contribution in [2.24, 2.45) is 0 Å². The van der Waals surface area contributed by atoms with Crippen LogP contribution in [0.25, 0.3) is 0 Å². The monoisotopic (exact) mass is 373 g/mol. The van der Waals surface area contributed by atoms with Crippen LogP contribution in [0.5, 0.6) is 0 Å². The van der Waals surface area contributed by atoms with Crippen molar-refractivity contribution in [2.45, 2.75) is 64.5 Å². The molecule has 2 aliphatic heterocycles. The van der Waals surface area contributed by atoms with Crippen LogP contribution in [0.2, 0.25) is 0 Å². The molecule has 5 heteroatoms. The van der Waals surface area contributed by atoms with Gasteiger partial charge in [-0.05, 0) is 62.8 Å². The molecule has 0 saturated carbocycles. The topological polar surface area (TPSA) is 44.8 Å². The Labute approximate surface area is 164 Å². The fraction of sp³-hybridized carbons (Fsp3) is 0.682. The Morgan fingerprint density at radius 1 is 1.15 bits per heavy atom. The van der Waals surface area contributed by atoms with Gasteiger partial charge in [-0.2, -0.15) is 0 Å². The lowest BCUT2D eigenvalue weighted by Crippen LogP contribution is -2.51. The van der Waals surface area contributed by atoms with E-state index >= 15 is 0 Å². The number of carbonyl (C=O) groups excluding carboxylic acids is 1. The maximum absolute atomic E-state index is 11.9. The average molecular weight is 374 g/mol. The van der Waals surface area contributed by atoms with E-state index in [0.29, 0.717) is 24.6 Å². The molecule has 0 aliphatic carbocycles. The molecule has 2 heterocycles. The highest BCUT2D eigenvalue weighted by Crippen LogP contribution is 2.24. The molecular weight excluding hydrogens is 338 g/mol. The summed E-state index contributed by atoms with van der Waals surface area (Å²) in [5.41, 5.74) is 2.61. The molecule has 3 rings (SSSR count). The number of piperidine rings is 2. The average Bonchev–Trinajstić information content (AvgIpc) is 2.69. The third-order valence-corrected chi connectivity index (χ3v) is 5.91. The summed E-state index contributed by atoms with van der Waals surface area (Å²) in [6, 6.07) is 9.99. The number of nitrogens with one attached hydrogen (secondary N) is 1. The highest BCUT2D eigenvalue weighted by molar-refractivity contribution is 5.67. The summed E-state index contributed by atoms with van der Waals surface area (Å²) in [6.45, 7) is 10.7. The SMILES string of the molecule is CCOC(=O)N1CCC(N2CCC[C@@H](Nc3ccc(C(C)C)cc3)C2)CC1. The van der Waals surface area contributed by atoms with Gasteiger partial charge >= 0.3 is 6.09 Å². The van der Waals surface area contributed by atoms with Gasteiger partial charge in [0.25, 0.3) is 0 Å². The zero-order valence-corrected chi connectivity index (χ0v) is 17.1. The van der Waals surface area contributed by atoms with E-state index in [2.05, 4.69) is 48.3 Å². The van der Waals surface area contributed by atoms with E-state index < -0.39 is 0 Å². The third-order valence-electron chi connectivity index (χ3n) is 5.91. The lowest BCUT2D eigenvalue weighted by Gasteiger charge is -2.42. The van der Waals surface area contributed by atoms with Gasteiger partial charge < -0.3 is 15.0 Å². The molecule has 0 radical (unpaired) electrons. The normalized spacial score (nSPS) is 22.1. The number of anilines is 1. The smallest absolute Gasteiger partial charge is 0.409 e. The first-order valence-corrected chi connectivity index (χ1v) is 10.6. The molecule has 1 aromatic rings. The maximum atomic E-state index is 11.9. The van der Waals surface area contributed by atoms with Crippen LogP contribution in [0.4, 0.5) is 10.5 Å². The Morgan fingerprint density at radius 3 is 2.48 bits per heavy atom. The number of benzene rings is 1. The number of rotatable bonds is 5. The van der Waals surface area contributed by atoms with Crippen molar-refractivity contribution < 1.29 is 9.53 Å². The molecule has 2 fully saturated rings. The molecular formula is C22H35N3O2. The highest BCUT2D eigenvalue weighted by Gasteiger charge is 2.30. The molecule has 0 spiro atoms. The lowest BCUT2D eigenvalue weighted by atomic mass is 9.97. The highest BCUT2D eigenvalue weighted by atomic mass is 16.6. The summed E-state index contributed by atoms with van der Waals surface area (Å²) in [6.07, 6.45) is 4.41. The summed E-state index contributed by atoms with van der Waals surface area (Å²) in [7, 11) is 0. The van der Waals surface area contributed by atoms with Crippen molar-refractivity contribution in [3.63, 3.8) is 0 Å². The van der Waals surface area contributed by atoms with Crippen molar-refractivity contribution in [1.82, 2.24) is 9.80 Å². The lowest BCUT2D eigenvalue weighted by molar-refractivity contribution is 0.0667. The van der Waals surface area contributed by atoms with Gasteiger partial charge in [0.05, 0.1) is 6.61 Å². The minimum atomic E-state index is -0.154. The first kappa shape index (κ1) is 20.0. The van der Waals surface area contributed by atoms with Crippen LogP contribution in [0.1, 0.15) is 57.9 Å². The molecule has 1 atom stereocenters. The van der Waals surface area contributed by atoms with Crippen LogP contribution in [-0.2, 0) is 4.74 Å². The Kier molecular flexibility index (Phi) is 7.00. The number of hydrogen-bond acceptors (Lipinski definition) is 4. The number of nitrogens with zero attached hydrogens (tertiary/aromatic N) is 2. The minimum absolute atomic E-state index is 0.154. The quantitative estimate of drug-likeness (QED) is 0.835. The van der Waals surface area contributed by atoms with Crippen molar-refractivity contribution in [1.29, 1.82) is 0 Å². The third kappa shape index (κ3) is 5.38. The fourth-order valence-corrected chi connectivity index (χ4v) is 4.28. The zero-order valence-electron chi connectivity index (χ0n) is 17.1. The minimum Gasteiger partial charge on any atom is -0.450 e. The number of amides is 1. The van der Waals surface area contributed by atoms with Gasteiger partial charge in [0.15, 0.2) is 0 Å². The van der Waals surface area contributed by atoms with E-state index in [1.807, 2.05) is 11.8 Å². The standard InChI is InChI=1S/C22H35N3O2/c1-4-27-22(26)24-14-11-21(12-15-24)25-13-5-6-20(16-25)23-19-9-7-18(8-10-19)17(2)3/h7-10,17,20-21,23H,4-6,11-16H2,1-3H3/t20-/m1/s1. The molecule has 1 amide bonds. The van der Waals surface area contributed by atoms with Crippen molar-refractivity contribution in [3.8, 4) is 0 Å². The zero-order chi connectivity index (χ0) is 19.2. The molecule has 2 saturated heterocycles. The van der Waals surface area contributed by atoms with E-state index in [-0.39, 0.29) is 6.09 Å². The molecule has 0 aromatic heterocycles. The largest absolute Gasteiger partial charge is 0.450 e. The van der Waals surface area contributed by atoms with Crippen LogP contribution < -0.4 is 5.32 Å². The van der Waals surface area contributed by atoms with E-state index in [4.69, 9.17) is 4.74 Å². The number of hydrogen-bond donors (Lipinski definition) is 1. The molecule has 0 bridgehead atoms. The predicted molar refractivity (Wildman–Crippen MR) is 110 cm³/mol. The fourth-order valence-electron chi connectivity index (χ4n) is 4.28. The number of likely N-dealkylation sites (tertiary alicyclic amines) is 2. The Balaban J connectivity index is 1.49. The first-order valence-electron chi connectivity index (χ1n) is 10.6. The number of ether oxygens (including phenoxy) is 1. The summed E-state index contributed by atoms with van der Waals surface area (Å²) in [5, 5.41) is 3.73. The van der Waals surface area contributed by atoms with Crippen molar-refractivity contribution in [3.05, 3.63) is 29.8 Å². The van der Waals surface area contributed by atoms with Crippen LogP contribution in [0.3, 0.4) is 0 Å². The van der Waals surface area contributed by atoms with Gasteiger partial charge in [-0.1, -0.05) is 26.0 Å². The molecule has 2 aliphatic rings. The molecule has 1 aromatic carbocycles. The van der Waals surface area contributed by atoms with Gasteiger partial charge in [0.1, 0.15) is 0 Å². The van der Waals surface area contributed by atoms with Crippen molar-refractivity contribution in [2.75, 3.05) is 38.1 Å². The molecule has 27 heavy (non-hydrogen) atoms. The molecule has 1 N–H and O–H groups in total. The van der Waals surface area contributed by atoms with E-state index in [9.17, 15) is 4.79 Å². The van der Waals surface area contributed by atoms with E-state index in [1.54, 1.807) is 0 Å². The van der Waals surface area contributed by atoms with Crippen LogP contribution >= 0.6 is 0 Å². The molecule has 150 valence electrons. The second-order valence-electron chi connectivity index (χ2n) is 8.17. The molecule has 5 nitrogen and oxygen atoms in total. The van der Waals surface area contributed by atoms with Gasteiger partial charge in [0.2, 0.25) is 0 Å². The maximum Gasteiger partial charge on any atom is 0.409 e. The van der Waals surface area contributed by atoms with Gasteiger partial charge in [-0.3, -0.25) is 4.90 Å². The van der Waals surface area contributed by atoms with Crippen molar-refractivity contribution >= 4 is 11.8 Å². The van der Waals surface area contributed by atoms with Crippen LogP contribution in [0, 0.1) is 0 Å². The van der Waals surface area contributed by atoms with Gasteiger partial charge in [0, 0.05) is 37.4 Å². The Morgan fingerprint density at radius 2 is 1.85 bits per heavy atom. The summed E-state index contributed by atoms with van der Waals surface area (Å²) < 4.78 is 5.13. The van der Waals surface area contributed by atoms with E-state index in [0.717, 1.165) is 32.5 Å². The van der Waals surface area contributed by atoms with E-state index in [1.165, 1.54) is 30.6 Å². The molecule has 0 unspecified atom stereocenters. The summed E-state index contributed by atoms with van der Waals surface area (Å²) in [4.78, 5) is 16.4. The summed E-state index contributed by atoms with van der Waals surface area (Å²) in [5.74, 6) is 0.574. The van der Waals surface area contributed by atoms with Crippen LogP contribution in [-0.4, -0.2) is 60.8 Å². The van der Waals surface area contributed by atoms with Crippen LogP contribution in [0.15, 0.2) is 24.3 Å². The summed E-state index contributed by atoms with van der Waals surface area (Å²) >= 11 is 0. The van der Waals surface area contributed by atoms with Gasteiger partial charge in [-0.25, -0.2) is 4.79 Å². The van der Waals surface area contributed by atoms with Gasteiger partial charge in [-0.15, -0.1) is 0 Å². The second kappa shape index (κ2) is 9.45. The Bertz CT molecular complexity index is 594. The Hall–Kier alpha value is -1.75. The predicted octanol–water partition coefficient (Wildman–Crippen LogP) is 4.31. The first-order chi connectivity index (χ1) is 13.1.